The van der Waals surface area contributed by atoms with Gasteiger partial charge in [-0.15, -0.1) is 5.10 Å². The quantitative estimate of drug-likeness (QED) is 0.351. The maximum Gasteiger partial charge on any atom is 0.250 e. The Balaban J connectivity index is 1.53. The summed E-state index contributed by atoms with van der Waals surface area (Å²) in [6.07, 6.45) is 1.56. The highest BCUT2D eigenvalue weighted by Gasteiger charge is 2.11. The Morgan fingerprint density at radius 1 is 1.11 bits per heavy atom. The van der Waals surface area contributed by atoms with Crippen LogP contribution >= 0.6 is 11.8 Å². The summed E-state index contributed by atoms with van der Waals surface area (Å²) < 4.78 is 11.8. The normalized spacial score (nSPS) is 10.8. The van der Waals surface area contributed by atoms with E-state index in [1.807, 2.05) is 48.5 Å². The van der Waals surface area contributed by atoms with Gasteiger partial charge in [0.25, 0.3) is 5.91 Å². The van der Waals surface area contributed by atoms with Gasteiger partial charge < -0.3 is 9.47 Å². The Hall–Kier alpha value is -3.40. The van der Waals surface area contributed by atoms with Gasteiger partial charge in [-0.05, 0) is 64.5 Å². The average Bonchev–Trinajstić information content (AvgIpc) is 3.21. The molecular formula is C18H18N6O3S. The molecule has 0 aliphatic rings. The minimum absolute atomic E-state index is 0.122. The number of carbonyl (C=O) groups is 1. The van der Waals surface area contributed by atoms with Gasteiger partial charge in [0.15, 0.2) is 0 Å². The number of nitrogens with zero attached hydrogens (tertiary/aromatic N) is 5. The van der Waals surface area contributed by atoms with Crippen molar-refractivity contribution in [2.75, 3.05) is 20.0 Å². The Morgan fingerprint density at radius 3 is 2.39 bits per heavy atom. The third-order valence-electron chi connectivity index (χ3n) is 3.61. The lowest BCUT2D eigenvalue weighted by Gasteiger charge is -2.05. The Labute approximate surface area is 165 Å². The summed E-state index contributed by atoms with van der Waals surface area (Å²) in [7, 11) is 3.20. The highest BCUT2D eigenvalue weighted by Crippen LogP contribution is 2.20. The van der Waals surface area contributed by atoms with Crippen LogP contribution in [-0.4, -0.2) is 52.3 Å². The molecule has 0 spiro atoms. The number of ether oxygens (including phenoxy) is 2. The van der Waals surface area contributed by atoms with Crippen molar-refractivity contribution in [2.45, 2.75) is 5.16 Å². The van der Waals surface area contributed by atoms with Gasteiger partial charge in [-0.2, -0.15) is 9.78 Å². The van der Waals surface area contributed by atoms with E-state index in [1.165, 1.54) is 11.8 Å². The lowest BCUT2D eigenvalue weighted by atomic mass is 10.2. The zero-order chi connectivity index (χ0) is 19.8. The SMILES string of the molecule is COc1ccc(/C=N\NC(=O)CSc2nnnn2-c2ccc(OC)cc2)cc1. The lowest BCUT2D eigenvalue weighted by Crippen LogP contribution is -2.20. The van der Waals surface area contributed by atoms with Crippen LogP contribution in [0, 0.1) is 0 Å². The van der Waals surface area contributed by atoms with E-state index in [9.17, 15) is 4.79 Å². The van der Waals surface area contributed by atoms with Crippen LogP contribution in [0.3, 0.4) is 0 Å². The molecule has 1 heterocycles. The van der Waals surface area contributed by atoms with Crippen molar-refractivity contribution in [1.82, 2.24) is 25.6 Å². The molecule has 1 aromatic heterocycles. The van der Waals surface area contributed by atoms with E-state index in [-0.39, 0.29) is 11.7 Å². The molecule has 144 valence electrons. The summed E-state index contributed by atoms with van der Waals surface area (Å²) in [6, 6.07) is 14.6. The number of thioether (sulfide) groups is 1. The summed E-state index contributed by atoms with van der Waals surface area (Å²) in [4.78, 5) is 12.0. The molecule has 1 amide bonds. The number of methoxy groups -OCH3 is 2. The number of benzene rings is 2. The molecule has 0 radical (unpaired) electrons. The van der Waals surface area contributed by atoms with E-state index in [2.05, 4.69) is 26.1 Å². The molecule has 0 atom stereocenters. The number of tetrazole rings is 1. The number of hydrazone groups is 1. The molecule has 0 aliphatic carbocycles. The van der Waals surface area contributed by atoms with Gasteiger partial charge in [-0.1, -0.05) is 11.8 Å². The third kappa shape index (κ3) is 5.07. The average molecular weight is 398 g/mol. The van der Waals surface area contributed by atoms with Gasteiger partial charge >= 0.3 is 0 Å². The van der Waals surface area contributed by atoms with E-state index in [1.54, 1.807) is 25.1 Å². The maximum absolute atomic E-state index is 12.0. The van der Waals surface area contributed by atoms with Crippen molar-refractivity contribution in [3.63, 3.8) is 0 Å². The van der Waals surface area contributed by atoms with Crippen LogP contribution in [0.25, 0.3) is 5.69 Å². The third-order valence-corrected chi connectivity index (χ3v) is 4.53. The molecule has 28 heavy (non-hydrogen) atoms. The van der Waals surface area contributed by atoms with Crippen molar-refractivity contribution in [1.29, 1.82) is 0 Å². The minimum Gasteiger partial charge on any atom is -0.497 e. The smallest absolute Gasteiger partial charge is 0.250 e. The van der Waals surface area contributed by atoms with Crippen LogP contribution in [-0.2, 0) is 4.79 Å². The van der Waals surface area contributed by atoms with Crippen LogP contribution in [0.15, 0.2) is 58.8 Å². The highest BCUT2D eigenvalue weighted by molar-refractivity contribution is 7.99. The number of hydrogen-bond donors (Lipinski definition) is 1. The van der Waals surface area contributed by atoms with Crippen LogP contribution in [0.2, 0.25) is 0 Å². The second-order valence-corrected chi connectivity index (χ2v) is 6.37. The molecule has 2 aromatic carbocycles. The summed E-state index contributed by atoms with van der Waals surface area (Å²) in [5, 5.41) is 16.0. The fourth-order valence-corrected chi connectivity index (χ4v) is 2.87. The van der Waals surface area contributed by atoms with E-state index < -0.39 is 0 Å². The van der Waals surface area contributed by atoms with Gasteiger partial charge in [0, 0.05) is 0 Å². The predicted octanol–water partition coefficient (Wildman–Crippen LogP) is 1.92. The topological polar surface area (TPSA) is 104 Å². The fraction of sp³-hybridized carbons (Fsp3) is 0.167. The fourth-order valence-electron chi connectivity index (χ4n) is 2.19. The molecular weight excluding hydrogens is 380 g/mol. The van der Waals surface area contributed by atoms with E-state index in [0.717, 1.165) is 22.7 Å². The van der Waals surface area contributed by atoms with Crippen molar-refractivity contribution in [2.24, 2.45) is 5.10 Å². The zero-order valence-corrected chi connectivity index (χ0v) is 16.1. The van der Waals surface area contributed by atoms with Crippen molar-refractivity contribution >= 4 is 23.9 Å². The van der Waals surface area contributed by atoms with E-state index in [0.29, 0.717) is 5.16 Å². The summed E-state index contributed by atoms with van der Waals surface area (Å²) in [5.41, 5.74) is 4.09. The molecule has 10 heteroatoms. The van der Waals surface area contributed by atoms with Crippen molar-refractivity contribution in [3.8, 4) is 17.2 Å². The molecule has 0 fully saturated rings. The van der Waals surface area contributed by atoms with Gasteiger partial charge in [-0.25, -0.2) is 5.43 Å². The second kappa shape index (κ2) is 9.51. The second-order valence-electron chi connectivity index (χ2n) is 5.43. The maximum atomic E-state index is 12.0. The molecule has 0 bridgehead atoms. The van der Waals surface area contributed by atoms with Crippen LogP contribution in [0.4, 0.5) is 0 Å². The van der Waals surface area contributed by atoms with Gasteiger partial charge in [0.1, 0.15) is 11.5 Å². The van der Waals surface area contributed by atoms with Crippen molar-refractivity contribution in [3.05, 3.63) is 54.1 Å². The molecule has 3 aromatic rings. The standard InChI is InChI=1S/C18H18N6O3S/c1-26-15-7-3-13(4-8-15)11-19-20-17(25)12-28-18-21-22-23-24(18)14-5-9-16(27-2)10-6-14/h3-11H,12H2,1-2H3,(H,20,25)/b19-11-. The Morgan fingerprint density at radius 2 is 1.75 bits per heavy atom. The molecule has 3 rings (SSSR count). The van der Waals surface area contributed by atoms with Gasteiger partial charge in [0.05, 0.1) is 31.9 Å². The number of nitrogens with one attached hydrogen (secondary N) is 1. The van der Waals surface area contributed by atoms with Gasteiger partial charge in [0.2, 0.25) is 5.16 Å². The number of rotatable bonds is 8. The number of aromatic nitrogens is 4. The molecule has 9 nitrogen and oxygen atoms in total. The first-order chi connectivity index (χ1) is 13.7. The molecule has 0 saturated heterocycles. The number of hydrogen-bond acceptors (Lipinski definition) is 8. The van der Waals surface area contributed by atoms with E-state index in [4.69, 9.17) is 9.47 Å². The largest absolute Gasteiger partial charge is 0.497 e. The molecule has 0 saturated carbocycles. The monoisotopic (exact) mass is 398 g/mol. The molecule has 0 aliphatic heterocycles. The first-order valence-corrected chi connectivity index (χ1v) is 9.19. The first kappa shape index (κ1) is 19.4. The molecule has 0 unspecified atom stereocenters. The van der Waals surface area contributed by atoms with Crippen LogP contribution < -0.4 is 14.9 Å². The summed E-state index contributed by atoms with van der Waals surface area (Å²) in [6.45, 7) is 0. The lowest BCUT2D eigenvalue weighted by molar-refractivity contribution is -0.118. The minimum atomic E-state index is -0.265. The molecule has 1 N–H and O–H groups in total. The Bertz CT molecular complexity index is 941. The van der Waals surface area contributed by atoms with Crippen LogP contribution in [0.5, 0.6) is 11.5 Å². The van der Waals surface area contributed by atoms with E-state index >= 15 is 0 Å². The zero-order valence-electron chi connectivity index (χ0n) is 15.3. The Kier molecular flexibility index (Phi) is 6.58. The van der Waals surface area contributed by atoms with Crippen molar-refractivity contribution < 1.29 is 14.3 Å². The van der Waals surface area contributed by atoms with Crippen LogP contribution in [0.1, 0.15) is 5.56 Å². The van der Waals surface area contributed by atoms with Gasteiger partial charge in [-0.3, -0.25) is 4.79 Å². The summed E-state index contributed by atoms with van der Waals surface area (Å²) in [5.74, 6) is 1.35. The highest BCUT2D eigenvalue weighted by atomic mass is 32.2. The summed E-state index contributed by atoms with van der Waals surface area (Å²) >= 11 is 1.21. The first-order valence-electron chi connectivity index (χ1n) is 8.21. The predicted molar refractivity (Wildman–Crippen MR) is 105 cm³/mol. The number of carbonyl (C=O) groups excluding carboxylic acids is 1. The number of amides is 1.